The number of amides is 1. The van der Waals surface area contributed by atoms with Gasteiger partial charge in [0.1, 0.15) is 5.82 Å². The molecule has 1 aromatic rings. The highest BCUT2D eigenvalue weighted by Crippen LogP contribution is 2.30. The van der Waals surface area contributed by atoms with E-state index in [-0.39, 0.29) is 11.7 Å². The molecule has 2 saturated heterocycles. The molecule has 3 nitrogen and oxygen atoms in total. The number of fused-ring (bicyclic) bond motifs is 2. The lowest BCUT2D eigenvalue weighted by molar-refractivity contribution is 0.0679. The molecule has 0 saturated carbocycles. The average Bonchev–Trinajstić information content (AvgIpc) is 2.62. The van der Waals surface area contributed by atoms with E-state index in [1.807, 2.05) is 27.5 Å². The fraction of sp³-hybridized carbons (Fsp3) is 0.500. The molecule has 0 aromatic heterocycles. The van der Waals surface area contributed by atoms with Crippen LogP contribution in [0.2, 0.25) is 0 Å². The van der Waals surface area contributed by atoms with Crippen molar-refractivity contribution in [1.29, 1.82) is 0 Å². The highest BCUT2D eigenvalue weighted by atomic mass is 127. The average molecular weight is 374 g/mol. The van der Waals surface area contributed by atoms with Crippen molar-refractivity contribution in [3.05, 3.63) is 33.1 Å². The summed E-state index contributed by atoms with van der Waals surface area (Å²) in [4.78, 5) is 14.7. The number of hydrogen-bond acceptors (Lipinski definition) is 2. The Bertz CT molecular complexity index is 494. The molecule has 2 fully saturated rings. The number of halogens is 2. The van der Waals surface area contributed by atoms with Crippen LogP contribution in [-0.2, 0) is 0 Å². The Morgan fingerprint density at radius 2 is 2.11 bits per heavy atom. The Balaban J connectivity index is 1.90. The molecule has 2 bridgehead atoms. The maximum absolute atomic E-state index is 13.1. The predicted molar refractivity (Wildman–Crippen MR) is 79.6 cm³/mol. The van der Waals surface area contributed by atoms with Crippen LogP contribution in [0.3, 0.4) is 0 Å². The van der Waals surface area contributed by atoms with E-state index >= 15 is 0 Å². The van der Waals surface area contributed by atoms with Gasteiger partial charge in [-0.15, -0.1) is 0 Å². The third-order valence-corrected chi connectivity index (χ3v) is 4.94. The maximum atomic E-state index is 13.1. The molecular formula is C14H16FIN2O. The molecule has 2 unspecified atom stereocenters. The number of hydrogen-bond donors (Lipinski definition) is 1. The van der Waals surface area contributed by atoms with E-state index in [0.29, 0.717) is 21.2 Å². The van der Waals surface area contributed by atoms with E-state index in [4.69, 9.17) is 0 Å². The molecule has 1 amide bonds. The van der Waals surface area contributed by atoms with Gasteiger partial charge in [-0.3, -0.25) is 4.79 Å². The molecule has 2 aliphatic rings. The molecule has 102 valence electrons. The summed E-state index contributed by atoms with van der Waals surface area (Å²) in [5.74, 6) is -0.234. The number of carbonyl (C=O) groups excluding carboxylic acids is 1. The Hall–Kier alpha value is -0.690. The van der Waals surface area contributed by atoms with E-state index in [0.717, 1.165) is 32.4 Å². The van der Waals surface area contributed by atoms with Gasteiger partial charge in [-0.05, 0) is 66.6 Å². The standard InChI is InChI=1S/C14H16FIN2O/c15-9-1-4-12(13(16)7-9)14(19)18-10-2-3-11(18)8-17-6-5-10/h1,4,7,10-11,17H,2-3,5-6,8H2. The second kappa shape index (κ2) is 5.36. The summed E-state index contributed by atoms with van der Waals surface area (Å²) in [5.41, 5.74) is 0.626. The quantitative estimate of drug-likeness (QED) is 0.766. The lowest BCUT2D eigenvalue weighted by Crippen LogP contribution is -2.42. The van der Waals surface area contributed by atoms with Gasteiger partial charge in [-0.25, -0.2) is 4.39 Å². The first kappa shape index (κ1) is 13.3. The SMILES string of the molecule is O=C(c1ccc(F)cc1I)N1C2CCNCC1CC2. The van der Waals surface area contributed by atoms with Gasteiger partial charge in [0.2, 0.25) is 0 Å². The van der Waals surface area contributed by atoms with E-state index < -0.39 is 0 Å². The van der Waals surface area contributed by atoms with Crippen LogP contribution in [0.25, 0.3) is 0 Å². The van der Waals surface area contributed by atoms with Crippen LogP contribution < -0.4 is 5.32 Å². The van der Waals surface area contributed by atoms with Crippen molar-refractivity contribution in [1.82, 2.24) is 10.2 Å². The summed E-state index contributed by atoms with van der Waals surface area (Å²) in [6.07, 6.45) is 3.18. The Kier molecular flexibility index (Phi) is 3.75. The summed E-state index contributed by atoms with van der Waals surface area (Å²) in [6, 6.07) is 5.03. The first-order valence-electron chi connectivity index (χ1n) is 6.65. The number of nitrogens with one attached hydrogen (secondary N) is 1. The smallest absolute Gasteiger partial charge is 0.255 e. The molecule has 0 radical (unpaired) electrons. The zero-order chi connectivity index (χ0) is 13.4. The summed E-state index contributed by atoms with van der Waals surface area (Å²) in [7, 11) is 0. The summed E-state index contributed by atoms with van der Waals surface area (Å²) in [6.45, 7) is 1.85. The van der Waals surface area contributed by atoms with Crippen molar-refractivity contribution in [2.45, 2.75) is 31.3 Å². The molecule has 0 aliphatic carbocycles. The molecule has 2 heterocycles. The summed E-state index contributed by atoms with van der Waals surface area (Å²) >= 11 is 2.04. The maximum Gasteiger partial charge on any atom is 0.255 e. The minimum absolute atomic E-state index is 0.0561. The summed E-state index contributed by atoms with van der Waals surface area (Å²) in [5, 5.41) is 3.38. The second-order valence-corrected chi connectivity index (χ2v) is 6.38. The Morgan fingerprint density at radius 1 is 1.32 bits per heavy atom. The highest BCUT2D eigenvalue weighted by Gasteiger charge is 2.38. The van der Waals surface area contributed by atoms with Gasteiger partial charge in [-0.1, -0.05) is 0 Å². The first-order valence-corrected chi connectivity index (χ1v) is 7.73. The van der Waals surface area contributed by atoms with Crippen molar-refractivity contribution in [3.8, 4) is 0 Å². The molecule has 19 heavy (non-hydrogen) atoms. The number of benzene rings is 1. The van der Waals surface area contributed by atoms with Crippen LogP contribution in [0.4, 0.5) is 4.39 Å². The molecule has 2 aliphatic heterocycles. The third-order valence-electron chi connectivity index (χ3n) is 4.05. The molecule has 0 spiro atoms. The van der Waals surface area contributed by atoms with Crippen molar-refractivity contribution >= 4 is 28.5 Å². The fourth-order valence-corrected chi connectivity index (χ4v) is 3.82. The van der Waals surface area contributed by atoms with Gasteiger partial charge in [0.15, 0.2) is 0 Å². The monoisotopic (exact) mass is 374 g/mol. The highest BCUT2D eigenvalue weighted by molar-refractivity contribution is 14.1. The van der Waals surface area contributed by atoms with Gasteiger partial charge in [0.25, 0.3) is 5.91 Å². The minimum Gasteiger partial charge on any atom is -0.331 e. The number of rotatable bonds is 1. The van der Waals surface area contributed by atoms with Crippen LogP contribution in [-0.4, -0.2) is 36.0 Å². The molecule has 2 atom stereocenters. The third kappa shape index (κ3) is 2.50. The Morgan fingerprint density at radius 3 is 2.89 bits per heavy atom. The molecule has 1 aromatic carbocycles. The molecule has 1 N–H and O–H groups in total. The number of carbonyl (C=O) groups is 1. The van der Waals surface area contributed by atoms with Gasteiger partial charge in [-0.2, -0.15) is 0 Å². The van der Waals surface area contributed by atoms with Crippen LogP contribution in [0.5, 0.6) is 0 Å². The van der Waals surface area contributed by atoms with E-state index in [1.54, 1.807) is 6.07 Å². The van der Waals surface area contributed by atoms with Crippen molar-refractivity contribution in [2.75, 3.05) is 13.1 Å². The van der Waals surface area contributed by atoms with Crippen LogP contribution in [0.15, 0.2) is 18.2 Å². The Labute approximate surface area is 125 Å². The predicted octanol–water partition coefficient (Wildman–Crippen LogP) is 2.40. The van der Waals surface area contributed by atoms with Crippen molar-refractivity contribution in [2.24, 2.45) is 0 Å². The van der Waals surface area contributed by atoms with Gasteiger partial charge >= 0.3 is 0 Å². The molecular weight excluding hydrogens is 358 g/mol. The fourth-order valence-electron chi connectivity index (χ4n) is 3.12. The lowest BCUT2D eigenvalue weighted by Gasteiger charge is -2.28. The second-order valence-electron chi connectivity index (χ2n) is 5.21. The number of nitrogens with zero attached hydrogens (tertiary/aromatic N) is 1. The largest absolute Gasteiger partial charge is 0.331 e. The first-order chi connectivity index (χ1) is 9.16. The van der Waals surface area contributed by atoms with Crippen molar-refractivity contribution in [3.63, 3.8) is 0 Å². The van der Waals surface area contributed by atoms with Gasteiger partial charge in [0.05, 0.1) is 5.56 Å². The minimum atomic E-state index is -0.290. The van der Waals surface area contributed by atoms with Crippen molar-refractivity contribution < 1.29 is 9.18 Å². The van der Waals surface area contributed by atoms with Crippen LogP contribution in [0.1, 0.15) is 29.6 Å². The van der Waals surface area contributed by atoms with Gasteiger partial charge < -0.3 is 10.2 Å². The van der Waals surface area contributed by atoms with E-state index in [2.05, 4.69) is 5.32 Å². The zero-order valence-corrected chi connectivity index (χ0v) is 12.7. The van der Waals surface area contributed by atoms with Crippen LogP contribution in [0, 0.1) is 9.39 Å². The van der Waals surface area contributed by atoms with E-state index in [9.17, 15) is 9.18 Å². The molecule has 5 heteroatoms. The zero-order valence-electron chi connectivity index (χ0n) is 10.5. The molecule has 3 rings (SSSR count). The normalized spacial score (nSPS) is 26.3. The van der Waals surface area contributed by atoms with Crippen LogP contribution >= 0.6 is 22.6 Å². The topological polar surface area (TPSA) is 32.3 Å². The summed E-state index contributed by atoms with van der Waals surface area (Å²) < 4.78 is 13.8. The van der Waals surface area contributed by atoms with Gasteiger partial charge in [0, 0.05) is 22.2 Å². The lowest BCUT2D eigenvalue weighted by atomic mass is 10.1. The van der Waals surface area contributed by atoms with E-state index in [1.165, 1.54) is 12.1 Å².